The van der Waals surface area contributed by atoms with Crippen molar-refractivity contribution in [2.75, 3.05) is 12.8 Å². The molecule has 0 fully saturated rings. The summed E-state index contributed by atoms with van der Waals surface area (Å²) in [5.74, 6) is -0.548. The second kappa shape index (κ2) is 3.53. The normalized spacial score (nSPS) is 9.93. The molecule has 0 aliphatic heterocycles. The minimum atomic E-state index is -0.678. The van der Waals surface area contributed by atoms with Crippen LogP contribution in [-0.2, 0) is 4.74 Å². The minimum Gasteiger partial charge on any atom is -0.463 e. The molecule has 0 bridgehead atoms. The fourth-order valence-electron chi connectivity index (χ4n) is 1.04. The van der Waals surface area contributed by atoms with Crippen LogP contribution < -0.4 is 11.2 Å². The molecule has 0 aliphatic rings. The van der Waals surface area contributed by atoms with Gasteiger partial charge in [-0.3, -0.25) is 4.79 Å². The summed E-state index contributed by atoms with van der Waals surface area (Å²) in [5, 5.41) is 0. The molecule has 0 radical (unpaired) electrons. The predicted molar refractivity (Wildman–Crippen MR) is 50.2 cm³/mol. The van der Waals surface area contributed by atoms with Crippen LogP contribution in [0.2, 0.25) is 0 Å². The monoisotopic (exact) mass is 197 g/mol. The number of hydrogen-bond acceptors (Lipinski definition) is 5. The topological polar surface area (TPSA) is 82.5 Å². The van der Waals surface area contributed by atoms with E-state index in [1.807, 2.05) is 0 Å². The van der Waals surface area contributed by atoms with Crippen LogP contribution in [0.3, 0.4) is 0 Å². The van der Waals surface area contributed by atoms with Gasteiger partial charge in [0.05, 0.1) is 7.11 Å². The fraction of sp³-hybridized carbons (Fsp3) is 0.333. The number of carbonyl (C=O) groups excluding carboxylic acids is 1. The lowest BCUT2D eigenvalue weighted by atomic mass is 10.2. The minimum absolute atomic E-state index is 0.0233. The molecule has 76 valence electrons. The van der Waals surface area contributed by atoms with Gasteiger partial charge in [-0.05, 0) is 13.8 Å². The maximum absolute atomic E-state index is 11.4. The number of hydrogen-bond donors (Lipinski definition) is 1. The Kier molecular flexibility index (Phi) is 2.60. The van der Waals surface area contributed by atoms with Crippen LogP contribution in [0.4, 0.5) is 5.69 Å². The van der Waals surface area contributed by atoms with Crippen molar-refractivity contribution in [2.24, 2.45) is 0 Å². The molecule has 0 saturated heterocycles. The standard InChI is InChI=1S/C9H11NO4/c1-4-7(11)6(10)5(2)14-8(4)9(12)13-3/h10H2,1-3H3. The highest BCUT2D eigenvalue weighted by molar-refractivity contribution is 5.88. The Labute approximate surface area is 80.5 Å². The summed E-state index contributed by atoms with van der Waals surface area (Å²) in [6, 6.07) is 0. The second-order valence-electron chi connectivity index (χ2n) is 2.85. The lowest BCUT2D eigenvalue weighted by Crippen LogP contribution is -2.18. The first-order chi connectivity index (χ1) is 6.49. The van der Waals surface area contributed by atoms with Crippen LogP contribution in [-0.4, -0.2) is 13.1 Å². The Morgan fingerprint density at radius 1 is 1.43 bits per heavy atom. The third-order valence-corrected chi connectivity index (χ3v) is 1.93. The van der Waals surface area contributed by atoms with E-state index in [0.717, 1.165) is 0 Å². The molecule has 5 nitrogen and oxygen atoms in total. The van der Waals surface area contributed by atoms with Gasteiger partial charge in [0, 0.05) is 5.56 Å². The van der Waals surface area contributed by atoms with Crippen molar-refractivity contribution in [3.8, 4) is 0 Å². The maximum Gasteiger partial charge on any atom is 0.374 e. The zero-order valence-corrected chi connectivity index (χ0v) is 8.21. The van der Waals surface area contributed by atoms with Crippen LogP contribution in [0.15, 0.2) is 9.21 Å². The third kappa shape index (κ3) is 1.48. The van der Waals surface area contributed by atoms with Gasteiger partial charge in [0.15, 0.2) is 0 Å². The Morgan fingerprint density at radius 3 is 2.50 bits per heavy atom. The van der Waals surface area contributed by atoms with Crippen molar-refractivity contribution in [1.29, 1.82) is 0 Å². The van der Waals surface area contributed by atoms with Crippen LogP contribution in [0.25, 0.3) is 0 Å². The molecule has 0 amide bonds. The van der Waals surface area contributed by atoms with Crippen LogP contribution in [0, 0.1) is 13.8 Å². The van der Waals surface area contributed by atoms with Gasteiger partial charge in [0.25, 0.3) is 0 Å². The van der Waals surface area contributed by atoms with E-state index in [0.29, 0.717) is 0 Å². The molecular formula is C9H11NO4. The quantitative estimate of drug-likeness (QED) is 0.667. The van der Waals surface area contributed by atoms with Crippen molar-refractivity contribution in [3.05, 3.63) is 27.3 Å². The zero-order valence-electron chi connectivity index (χ0n) is 8.21. The second-order valence-corrected chi connectivity index (χ2v) is 2.85. The molecule has 2 N–H and O–H groups in total. The van der Waals surface area contributed by atoms with Crippen molar-refractivity contribution >= 4 is 11.7 Å². The van der Waals surface area contributed by atoms with Crippen molar-refractivity contribution in [1.82, 2.24) is 0 Å². The first-order valence-electron chi connectivity index (χ1n) is 3.97. The molecule has 14 heavy (non-hydrogen) atoms. The Balaban J connectivity index is 3.49. The highest BCUT2D eigenvalue weighted by atomic mass is 16.5. The van der Waals surface area contributed by atoms with E-state index >= 15 is 0 Å². The van der Waals surface area contributed by atoms with Gasteiger partial charge in [0.1, 0.15) is 11.4 Å². The molecular weight excluding hydrogens is 186 g/mol. The zero-order chi connectivity index (χ0) is 10.9. The molecule has 0 spiro atoms. The van der Waals surface area contributed by atoms with Gasteiger partial charge in [-0.15, -0.1) is 0 Å². The number of aryl methyl sites for hydroxylation is 1. The Hall–Kier alpha value is -1.78. The molecule has 1 heterocycles. The van der Waals surface area contributed by atoms with E-state index in [1.54, 1.807) is 0 Å². The largest absolute Gasteiger partial charge is 0.463 e. The van der Waals surface area contributed by atoms with Gasteiger partial charge >= 0.3 is 5.97 Å². The molecule has 0 aliphatic carbocycles. The van der Waals surface area contributed by atoms with Gasteiger partial charge in [-0.2, -0.15) is 0 Å². The first kappa shape index (κ1) is 10.3. The van der Waals surface area contributed by atoms with Crippen molar-refractivity contribution in [3.63, 3.8) is 0 Å². The number of anilines is 1. The Bertz CT molecular complexity index is 433. The smallest absolute Gasteiger partial charge is 0.374 e. The van der Waals surface area contributed by atoms with Crippen molar-refractivity contribution in [2.45, 2.75) is 13.8 Å². The third-order valence-electron chi connectivity index (χ3n) is 1.93. The maximum atomic E-state index is 11.4. The van der Waals surface area contributed by atoms with Crippen LogP contribution >= 0.6 is 0 Å². The number of nitrogen functional groups attached to an aromatic ring is 1. The first-order valence-corrected chi connectivity index (χ1v) is 3.97. The van der Waals surface area contributed by atoms with E-state index < -0.39 is 11.4 Å². The van der Waals surface area contributed by atoms with Gasteiger partial charge in [-0.1, -0.05) is 0 Å². The highest BCUT2D eigenvalue weighted by Gasteiger charge is 2.18. The van der Waals surface area contributed by atoms with Crippen molar-refractivity contribution < 1.29 is 13.9 Å². The molecule has 1 aromatic rings. The van der Waals surface area contributed by atoms with E-state index in [9.17, 15) is 9.59 Å². The summed E-state index contributed by atoms with van der Waals surface area (Å²) in [4.78, 5) is 22.6. The number of rotatable bonds is 1. The van der Waals surface area contributed by atoms with Gasteiger partial charge in [0.2, 0.25) is 11.2 Å². The number of carbonyl (C=O) groups is 1. The summed E-state index contributed by atoms with van der Waals surface area (Å²) in [5.41, 5.74) is 5.23. The number of nitrogens with two attached hydrogens (primary N) is 1. The average Bonchev–Trinajstić information content (AvgIpc) is 2.19. The molecule has 1 aromatic heterocycles. The molecule has 0 atom stereocenters. The lowest BCUT2D eigenvalue weighted by molar-refractivity contribution is 0.0559. The van der Waals surface area contributed by atoms with E-state index in [2.05, 4.69) is 4.74 Å². The lowest BCUT2D eigenvalue weighted by Gasteiger charge is -2.05. The van der Waals surface area contributed by atoms with Gasteiger partial charge < -0.3 is 14.9 Å². The van der Waals surface area contributed by atoms with E-state index in [-0.39, 0.29) is 22.8 Å². The predicted octanol–water partition coefficient (Wildman–Crippen LogP) is 0.625. The molecule has 0 saturated carbocycles. The van der Waals surface area contributed by atoms with E-state index in [1.165, 1.54) is 21.0 Å². The summed E-state index contributed by atoms with van der Waals surface area (Å²) >= 11 is 0. The fourth-order valence-corrected chi connectivity index (χ4v) is 1.04. The van der Waals surface area contributed by atoms with E-state index in [4.69, 9.17) is 10.2 Å². The SMILES string of the molecule is COC(=O)c1oc(C)c(N)c(=O)c1C. The average molecular weight is 197 g/mol. The molecule has 0 aromatic carbocycles. The number of methoxy groups -OCH3 is 1. The Morgan fingerprint density at radius 2 is 2.00 bits per heavy atom. The summed E-state index contributed by atoms with van der Waals surface area (Å²) in [7, 11) is 1.22. The number of ether oxygens (including phenoxy) is 1. The summed E-state index contributed by atoms with van der Waals surface area (Å²) < 4.78 is 9.53. The highest BCUT2D eigenvalue weighted by Crippen LogP contribution is 2.12. The van der Waals surface area contributed by atoms with Gasteiger partial charge in [-0.25, -0.2) is 4.79 Å². The summed E-state index contributed by atoms with van der Waals surface area (Å²) in [6.45, 7) is 2.98. The molecule has 0 unspecified atom stereocenters. The molecule has 1 rings (SSSR count). The number of esters is 1. The summed E-state index contributed by atoms with van der Waals surface area (Å²) in [6.07, 6.45) is 0. The van der Waals surface area contributed by atoms with Crippen LogP contribution in [0.1, 0.15) is 21.9 Å². The molecule has 5 heteroatoms. The van der Waals surface area contributed by atoms with Crippen LogP contribution in [0.5, 0.6) is 0 Å².